The summed E-state index contributed by atoms with van der Waals surface area (Å²) in [5, 5.41) is 0. The molecule has 1 aliphatic carbocycles. The lowest BCUT2D eigenvalue weighted by atomic mass is 10.1. The van der Waals surface area contributed by atoms with Gasteiger partial charge in [0.2, 0.25) is 10.0 Å². The molecule has 0 aromatic heterocycles. The summed E-state index contributed by atoms with van der Waals surface area (Å²) in [7, 11) is -3.65. The van der Waals surface area contributed by atoms with E-state index in [1.165, 1.54) is 15.5 Å². The quantitative estimate of drug-likeness (QED) is 0.483. The Morgan fingerprint density at radius 2 is 1.32 bits per heavy atom. The predicted molar refractivity (Wildman–Crippen MR) is 127 cm³/mol. The zero-order valence-corrected chi connectivity index (χ0v) is 18.6. The first-order valence-electron chi connectivity index (χ1n) is 10.3. The highest BCUT2D eigenvalue weighted by atomic mass is 32.2. The van der Waals surface area contributed by atoms with Crippen LogP contribution in [0.15, 0.2) is 89.8 Å². The molecule has 3 aromatic carbocycles. The normalized spacial score (nSPS) is 13.8. The Kier molecular flexibility index (Phi) is 6.08. The maximum atomic E-state index is 13.4. The molecule has 4 rings (SSSR count). The maximum Gasteiger partial charge on any atom is 0.243 e. The minimum absolute atomic E-state index is 0.0451. The van der Waals surface area contributed by atoms with Gasteiger partial charge in [-0.1, -0.05) is 84.3 Å². The van der Waals surface area contributed by atoms with E-state index < -0.39 is 10.0 Å². The first-order valence-corrected chi connectivity index (χ1v) is 11.8. The van der Waals surface area contributed by atoms with E-state index in [-0.39, 0.29) is 12.5 Å². The number of rotatable bonds is 7. The number of sulfonamides is 1. The molecule has 0 fully saturated rings. The van der Waals surface area contributed by atoms with Crippen LogP contribution in [0.25, 0.3) is 11.1 Å². The highest BCUT2D eigenvalue weighted by Crippen LogP contribution is 2.53. The van der Waals surface area contributed by atoms with Gasteiger partial charge >= 0.3 is 0 Å². The lowest BCUT2D eigenvalue weighted by Crippen LogP contribution is -2.34. The van der Waals surface area contributed by atoms with Crippen LogP contribution < -0.4 is 0 Å². The molecule has 0 saturated carbocycles. The van der Waals surface area contributed by atoms with Gasteiger partial charge in [0.1, 0.15) is 0 Å². The molecule has 156 valence electrons. The molecule has 0 heterocycles. The Balaban J connectivity index is 1.68. The zero-order chi connectivity index (χ0) is 21.8. The van der Waals surface area contributed by atoms with Crippen LogP contribution in [0.2, 0.25) is 0 Å². The van der Waals surface area contributed by atoms with Crippen molar-refractivity contribution in [1.82, 2.24) is 4.31 Å². The van der Waals surface area contributed by atoms with Gasteiger partial charge in [-0.05, 0) is 48.3 Å². The Hall–Kier alpha value is -3.13. The van der Waals surface area contributed by atoms with E-state index in [4.69, 9.17) is 0 Å². The molecule has 0 radical (unpaired) electrons. The van der Waals surface area contributed by atoms with Crippen LogP contribution in [-0.2, 0) is 10.0 Å². The molecule has 0 saturated heterocycles. The molecule has 0 amide bonds. The summed E-state index contributed by atoms with van der Waals surface area (Å²) in [6.45, 7) is 4.23. The Bertz CT molecular complexity index is 1200. The highest BCUT2D eigenvalue weighted by molar-refractivity contribution is 7.89. The third-order valence-corrected chi connectivity index (χ3v) is 7.38. The summed E-state index contributed by atoms with van der Waals surface area (Å²) in [4.78, 5) is 0.305. The maximum absolute atomic E-state index is 13.4. The summed E-state index contributed by atoms with van der Waals surface area (Å²) >= 11 is 0. The third-order valence-electron chi connectivity index (χ3n) is 5.55. The summed E-state index contributed by atoms with van der Waals surface area (Å²) in [5.74, 6) is 5.84. The number of hydrogen-bond acceptors (Lipinski definition) is 2. The van der Waals surface area contributed by atoms with Crippen molar-refractivity contribution in [2.24, 2.45) is 5.92 Å². The molecule has 0 N–H and O–H groups in total. The zero-order valence-electron chi connectivity index (χ0n) is 17.7. The van der Waals surface area contributed by atoms with E-state index in [1.807, 2.05) is 55.5 Å². The Morgan fingerprint density at radius 1 is 0.806 bits per heavy atom. The van der Waals surface area contributed by atoms with Gasteiger partial charge in [0.05, 0.1) is 11.4 Å². The average molecular weight is 428 g/mol. The average Bonchev–Trinajstić information content (AvgIpc) is 3.52. The SMILES string of the molecule is CC#CCN(CC1C(c2ccccc2)=C1c1ccccc1)S(=O)(=O)c1ccc(C)cc1. The Morgan fingerprint density at radius 3 is 1.81 bits per heavy atom. The van der Waals surface area contributed by atoms with Gasteiger partial charge in [-0.3, -0.25) is 0 Å². The van der Waals surface area contributed by atoms with Crippen LogP contribution in [0, 0.1) is 24.7 Å². The lowest BCUT2D eigenvalue weighted by molar-refractivity contribution is 0.442. The fourth-order valence-corrected chi connectivity index (χ4v) is 5.24. The van der Waals surface area contributed by atoms with Crippen molar-refractivity contribution in [3.8, 4) is 11.8 Å². The standard InChI is InChI=1S/C27H25NO2S/c1-3-4-19-28(31(29,30)24-17-15-21(2)16-18-24)20-25-26(22-11-7-5-8-12-22)27(25)23-13-9-6-10-14-23/h5-18,25H,19-20H2,1-2H3. The van der Waals surface area contributed by atoms with Crippen LogP contribution in [-0.4, -0.2) is 25.8 Å². The molecule has 0 bridgehead atoms. The van der Waals surface area contributed by atoms with Gasteiger partial charge in [-0.15, -0.1) is 5.92 Å². The number of benzene rings is 3. The van der Waals surface area contributed by atoms with Crippen molar-refractivity contribution in [2.75, 3.05) is 13.1 Å². The molecule has 0 unspecified atom stereocenters. The smallest absolute Gasteiger partial charge is 0.207 e. The monoisotopic (exact) mass is 427 g/mol. The van der Waals surface area contributed by atoms with E-state index in [0.717, 1.165) is 16.7 Å². The number of hydrogen-bond donors (Lipinski definition) is 0. The van der Waals surface area contributed by atoms with Gasteiger partial charge < -0.3 is 0 Å². The summed E-state index contributed by atoms with van der Waals surface area (Å²) in [6, 6.07) is 27.4. The first kappa shape index (κ1) is 21.1. The molecule has 1 aliphatic rings. The fraction of sp³-hybridized carbons (Fsp3) is 0.185. The molecule has 0 aliphatic heterocycles. The lowest BCUT2D eigenvalue weighted by Gasteiger charge is -2.21. The van der Waals surface area contributed by atoms with Gasteiger partial charge in [0, 0.05) is 12.5 Å². The van der Waals surface area contributed by atoms with E-state index in [9.17, 15) is 8.42 Å². The van der Waals surface area contributed by atoms with Crippen molar-refractivity contribution >= 4 is 21.2 Å². The topological polar surface area (TPSA) is 37.4 Å². The fourth-order valence-electron chi connectivity index (χ4n) is 3.88. The second kappa shape index (κ2) is 8.93. The van der Waals surface area contributed by atoms with Crippen molar-refractivity contribution < 1.29 is 8.42 Å². The largest absolute Gasteiger partial charge is 0.243 e. The van der Waals surface area contributed by atoms with Crippen molar-refractivity contribution in [1.29, 1.82) is 0 Å². The van der Waals surface area contributed by atoms with E-state index in [1.54, 1.807) is 19.1 Å². The van der Waals surface area contributed by atoms with Crippen LogP contribution in [0.1, 0.15) is 23.6 Å². The summed E-state index contributed by atoms with van der Waals surface area (Å²) in [5.41, 5.74) is 5.72. The summed E-state index contributed by atoms with van der Waals surface area (Å²) < 4.78 is 28.4. The molecule has 0 atom stereocenters. The van der Waals surface area contributed by atoms with Crippen molar-refractivity contribution in [3.63, 3.8) is 0 Å². The predicted octanol–water partition coefficient (Wildman–Crippen LogP) is 5.25. The third kappa shape index (κ3) is 4.49. The molecular formula is C27H25NO2S. The summed E-state index contributed by atoms with van der Waals surface area (Å²) in [6.07, 6.45) is 0. The minimum Gasteiger partial charge on any atom is -0.207 e. The van der Waals surface area contributed by atoms with Crippen LogP contribution in [0.3, 0.4) is 0 Å². The second-order valence-corrected chi connectivity index (χ2v) is 9.59. The molecule has 3 aromatic rings. The van der Waals surface area contributed by atoms with Gasteiger partial charge in [-0.2, -0.15) is 4.31 Å². The Labute approximate surface area is 185 Å². The van der Waals surface area contributed by atoms with Crippen molar-refractivity contribution in [3.05, 3.63) is 102 Å². The first-order chi connectivity index (χ1) is 15.0. The molecule has 0 spiro atoms. The van der Waals surface area contributed by atoms with Crippen LogP contribution in [0.5, 0.6) is 0 Å². The molecule has 3 nitrogen and oxygen atoms in total. The van der Waals surface area contributed by atoms with Crippen LogP contribution in [0.4, 0.5) is 0 Å². The minimum atomic E-state index is -3.65. The van der Waals surface area contributed by atoms with Crippen LogP contribution >= 0.6 is 0 Å². The highest BCUT2D eigenvalue weighted by Gasteiger charge is 2.41. The number of nitrogens with zero attached hydrogens (tertiary/aromatic N) is 1. The molecule has 31 heavy (non-hydrogen) atoms. The van der Waals surface area contributed by atoms with Crippen molar-refractivity contribution in [2.45, 2.75) is 18.7 Å². The molecule has 4 heteroatoms. The number of aryl methyl sites for hydroxylation is 1. The van der Waals surface area contributed by atoms with E-state index in [2.05, 4.69) is 36.1 Å². The van der Waals surface area contributed by atoms with Gasteiger partial charge in [-0.25, -0.2) is 8.42 Å². The van der Waals surface area contributed by atoms with Gasteiger partial charge in [0.15, 0.2) is 0 Å². The molecular weight excluding hydrogens is 402 g/mol. The second-order valence-electron chi connectivity index (χ2n) is 7.65. The van der Waals surface area contributed by atoms with E-state index >= 15 is 0 Å². The van der Waals surface area contributed by atoms with Gasteiger partial charge in [0.25, 0.3) is 0 Å². The van der Waals surface area contributed by atoms with E-state index in [0.29, 0.717) is 11.4 Å².